The first-order valence-corrected chi connectivity index (χ1v) is 8.36. The Bertz CT molecular complexity index is 732. The third kappa shape index (κ3) is 5.08. The number of hydrogen-bond acceptors (Lipinski definition) is 6. The quantitative estimate of drug-likeness (QED) is 0.728. The van der Waals surface area contributed by atoms with Crippen LogP contribution in [0.25, 0.3) is 0 Å². The molecular weight excluding hydrogens is 336 g/mol. The molecule has 0 aliphatic carbocycles. The highest BCUT2D eigenvalue weighted by molar-refractivity contribution is 5.78. The number of amides is 1. The molecule has 0 spiro atoms. The number of ether oxygens (including phenoxy) is 2. The summed E-state index contributed by atoms with van der Waals surface area (Å²) in [5.74, 6) is 0.874. The fraction of sp³-hybridized carbons (Fsp3) is 0.421. The summed E-state index contributed by atoms with van der Waals surface area (Å²) in [6.45, 7) is 3.67. The lowest BCUT2D eigenvalue weighted by Gasteiger charge is -2.18. The lowest BCUT2D eigenvalue weighted by Crippen LogP contribution is -2.30. The number of nitrogens with one attached hydrogen (secondary N) is 1. The van der Waals surface area contributed by atoms with Gasteiger partial charge in [-0.15, -0.1) is 0 Å². The van der Waals surface area contributed by atoms with Crippen molar-refractivity contribution in [3.63, 3.8) is 0 Å². The predicted octanol–water partition coefficient (Wildman–Crippen LogP) is 2.65. The molecule has 0 unspecified atom stereocenters. The van der Waals surface area contributed by atoms with Crippen molar-refractivity contribution in [3.8, 4) is 5.75 Å². The van der Waals surface area contributed by atoms with E-state index in [0.717, 1.165) is 22.6 Å². The largest absolute Gasteiger partial charge is 0.497 e. The Morgan fingerprint density at radius 3 is 2.42 bits per heavy atom. The first kappa shape index (κ1) is 19.5. The Kier molecular flexibility index (Phi) is 6.77. The van der Waals surface area contributed by atoms with Gasteiger partial charge in [-0.05, 0) is 38.0 Å². The topological polar surface area (TPSA) is 90.7 Å². The maximum Gasteiger partial charge on any atom is 0.307 e. The molecule has 140 valence electrons. The summed E-state index contributed by atoms with van der Waals surface area (Å²) in [6, 6.07) is 6.75. The Labute approximate surface area is 152 Å². The Hall–Kier alpha value is -2.83. The van der Waals surface area contributed by atoms with Gasteiger partial charge in [-0.2, -0.15) is 0 Å². The molecule has 0 radical (unpaired) electrons. The summed E-state index contributed by atoms with van der Waals surface area (Å²) >= 11 is 0. The van der Waals surface area contributed by atoms with Crippen molar-refractivity contribution in [1.29, 1.82) is 0 Å². The number of hydrogen-bond donors (Lipinski definition) is 1. The Morgan fingerprint density at radius 2 is 1.88 bits per heavy atom. The molecule has 1 aromatic carbocycles. The van der Waals surface area contributed by atoms with E-state index in [1.807, 2.05) is 26.0 Å². The minimum absolute atomic E-state index is 0.0554. The number of benzene rings is 1. The van der Waals surface area contributed by atoms with E-state index in [1.165, 1.54) is 7.11 Å². The second-order valence-corrected chi connectivity index (χ2v) is 5.98. The molecule has 0 aliphatic heterocycles. The summed E-state index contributed by atoms with van der Waals surface area (Å²) < 4.78 is 15.0. The Balaban J connectivity index is 2.04. The number of carbonyl (C=O) groups excluding carboxylic acids is 2. The van der Waals surface area contributed by atoms with E-state index in [1.54, 1.807) is 19.2 Å². The number of aryl methyl sites for hydroxylation is 2. The molecule has 1 heterocycles. The van der Waals surface area contributed by atoms with Crippen LogP contribution in [0.4, 0.5) is 0 Å². The summed E-state index contributed by atoms with van der Waals surface area (Å²) in [7, 11) is 2.91. The van der Waals surface area contributed by atoms with Gasteiger partial charge in [0, 0.05) is 12.0 Å². The standard InChI is InChI=1S/C19H24N2O5/c1-12-16(13(2)26-21-12)9-10-18(22)20-17(11-19(23)25-4)14-5-7-15(24-3)8-6-14/h5-8,17H,9-11H2,1-4H3,(H,20,22)/t17-/m1/s1. The van der Waals surface area contributed by atoms with Gasteiger partial charge in [0.15, 0.2) is 0 Å². The Morgan fingerprint density at radius 1 is 1.19 bits per heavy atom. The van der Waals surface area contributed by atoms with Crippen LogP contribution >= 0.6 is 0 Å². The van der Waals surface area contributed by atoms with Gasteiger partial charge in [-0.3, -0.25) is 9.59 Å². The van der Waals surface area contributed by atoms with E-state index in [0.29, 0.717) is 12.2 Å². The zero-order chi connectivity index (χ0) is 19.1. The van der Waals surface area contributed by atoms with Crippen LogP contribution in [0.3, 0.4) is 0 Å². The van der Waals surface area contributed by atoms with Gasteiger partial charge in [0.05, 0.1) is 32.4 Å². The van der Waals surface area contributed by atoms with Crippen molar-refractivity contribution in [2.24, 2.45) is 0 Å². The molecule has 2 aromatic rings. The maximum absolute atomic E-state index is 12.4. The van der Waals surface area contributed by atoms with Gasteiger partial charge in [0.1, 0.15) is 11.5 Å². The van der Waals surface area contributed by atoms with E-state index >= 15 is 0 Å². The third-order valence-electron chi connectivity index (χ3n) is 4.24. The van der Waals surface area contributed by atoms with Gasteiger partial charge < -0.3 is 19.3 Å². The van der Waals surface area contributed by atoms with E-state index < -0.39 is 12.0 Å². The van der Waals surface area contributed by atoms with Crippen LogP contribution in [-0.2, 0) is 20.7 Å². The molecule has 0 fully saturated rings. The van der Waals surface area contributed by atoms with Crippen LogP contribution < -0.4 is 10.1 Å². The van der Waals surface area contributed by atoms with Gasteiger partial charge >= 0.3 is 5.97 Å². The van der Waals surface area contributed by atoms with Crippen LogP contribution in [0.5, 0.6) is 5.75 Å². The summed E-state index contributed by atoms with van der Waals surface area (Å²) in [6.07, 6.45) is 0.858. The van der Waals surface area contributed by atoms with Crippen molar-refractivity contribution in [1.82, 2.24) is 10.5 Å². The molecule has 1 amide bonds. The molecular formula is C19H24N2O5. The molecule has 7 nitrogen and oxygen atoms in total. The van der Waals surface area contributed by atoms with Crippen LogP contribution in [0.15, 0.2) is 28.8 Å². The smallest absolute Gasteiger partial charge is 0.307 e. The molecule has 0 saturated carbocycles. The first-order valence-electron chi connectivity index (χ1n) is 8.36. The van der Waals surface area contributed by atoms with Crippen molar-refractivity contribution in [2.45, 2.75) is 39.2 Å². The SMILES string of the molecule is COC(=O)C[C@@H](NC(=O)CCc1c(C)noc1C)c1ccc(OC)cc1. The highest BCUT2D eigenvalue weighted by Gasteiger charge is 2.20. The van der Waals surface area contributed by atoms with Crippen LogP contribution in [0, 0.1) is 13.8 Å². The highest BCUT2D eigenvalue weighted by Crippen LogP contribution is 2.21. The normalized spacial score (nSPS) is 11.7. The monoisotopic (exact) mass is 360 g/mol. The average Bonchev–Trinajstić information content (AvgIpc) is 2.97. The minimum Gasteiger partial charge on any atom is -0.497 e. The van der Waals surface area contributed by atoms with E-state index in [2.05, 4.69) is 10.5 Å². The fourth-order valence-electron chi connectivity index (χ4n) is 2.70. The molecule has 0 aliphatic rings. The van der Waals surface area contributed by atoms with E-state index in [9.17, 15) is 9.59 Å². The van der Waals surface area contributed by atoms with E-state index in [4.69, 9.17) is 14.0 Å². The van der Waals surface area contributed by atoms with Crippen LogP contribution in [0.2, 0.25) is 0 Å². The van der Waals surface area contributed by atoms with Crippen molar-refractivity contribution < 1.29 is 23.6 Å². The van der Waals surface area contributed by atoms with Gasteiger partial charge in [-0.25, -0.2) is 0 Å². The van der Waals surface area contributed by atoms with Crippen molar-refractivity contribution >= 4 is 11.9 Å². The predicted molar refractivity (Wildman–Crippen MR) is 94.8 cm³/mol. The summed E-state index contributed by atoms with van der Waals surface area (Å²) in [4.78, 5) is 24.1. The van der Waals surface area contributed by atoms with Crippen molar-refractivity contribution in [2.75, 3.05) is 14.2 Å². The number of aromatic nitrogens is 1. The molecule has 0 bridgehead atoms. The fourth-order valence-corrected chi connectivity index (χ4v) is 2.70. The lowest BCUT2D eigenvalue weighted by molar-refractivity contribution is -0.141. The van der Waals surface area contributed by atoms with Crippen LogP contribution in [0.1, 0.15) is 41.5 Å². The molecule has 1 aromatic heterocycles. The highest BCUT2D eigenvalue weighted by atomic mass is 16.5. The number of esters is 1. The van der Waals surface area contributed by atoms with Gasteiger partial charge in [0.2, 0.25) is 5.91 Å². The maximum atomic E-state index is 12.4. The summed E-state index contributed by atoms with van der Waals surface area (Å²) in [5, 5.41) is 6.80. The molecule has 1 N–H and O–H groups in total. The minimum atomic E-state index is -0.467. The molecule has 7 heteroatoms. The number of methoxy groups -OCH3 is 2. The van der Waals surface area contributed by atoms with Gasteiger partial charge in [0.25, 0.3) is 0 Å². The van der Waals surface area contributed by atoms with Crippen molar-refractivity contribution in [3.05, 3.63) is 46.8 Å². The summed E-state index contributed by atoms with van der Waals surface area (Å²) in [5.41, 5.74) is 2.53. The van der Waals surface area contributed by atoms with Crippen LogP contribution in [-0.4, -0.2) is 31.3 Å². The molecule has 1 atom stereocenters. The number of rotatable bonds is 8. The number of carbonyl (C=O) groups is 2. The van der Waals surface area contributed by atoms with Gasteiger partial charge in [-0.1, -0.05) is 17.3 Å². The molecule has 0 saturated heterocycles. The average molecular weight is 360 g/mol. The second kappa shape index (κ2) is 9.03. The third-order valence-corrected chi connectivity index (χ3v) is 4.24. The molecule has 2 rings (SSSR count). The zero-order valence-electron chi connectivity index (χ0n) is 15.5. The number of nitrogens with zero attached hydrogens (tertiary/aromatic N) is 1. The molecule has 26 heavy (non-hydrogen) atoms. The second-order valence-electron chi connectivity index (χ2n) is 5.98. The van der Waals surface area contributed by atoms with E-state index in [-0.39, 0.29) is 18.7 Å². The zero-order valence-corrected chi connectivity index (χ0v) is 15.5. The first-order chi connectivity index (χ1) is 12.4. The lowest BCUT2D eigenvalue weighted by atomic mass is 10.0.